The van der Waals surface area contributed by atoms with Crippen LogP contribution in [0.5, 0.6) is 0 Å². The SMILES string of the molecule is O=C(CC1CC1)c1cc2c(s1)-c1ccccc1N(C(=O)c1ccc(NC(=O)c3cccnc3N3CCC[C@H]3CO)cc1)CC2. The minimum atomic E-state index is -0.293. The molecule has 44 heavy (non-hydrogen) atoms. The number of thiophene rings is 1. The number of aliphatic hydroxyl groups excluding tert-OH is 1. The second kappa shape index (κ2) is 12.0. The standard InChI is InChI=1S/C35H34N4O4S/c40-21-26-5-4-17-38(26)33-28(7-3-16-36-33)34(42)37-25-13-11-23(12-14-25)35(43)39-18-15-24-20-31(30(41)19-22-9-10-22)44-32(24)27-6-1-2-8-29(27)39/h1-3,6-8,11-14,16,20,22,26,40H,4-5,9-10,15,17-19,21H2,(H,37,42)/t26-/m0/s1. The minimum absolute atomic E-state index is 0.0178. The van der Waals surface area contributed by atoms with Gasteiger partial charge in [0.1, 0.15) is 5.82 Å². The number of hydrogen-bond donors (Lipinski definition) is 2. The molecule has 9 heteroatoms. The Balaban J connectivity index is 1.08. The molecule has 2 aromatic carbocycles. The summed E-state index contributed by atoms with van der Waals surface area (Å²) >= 11 is 1.55. The van der Waals surface area contributed by atoms with Gasteiger partial charge in [-0.05, 0) is 92.1 Å². The van der Waals surface area contributed by atoms with E-state index in [1.807, 2.05) is 40.1 Å². The first-order valence-electron chi connectivity index (χ1n) is 15.3. The molecule has 2 aromatic heterocycles. The Morgan fingerprint density at radius 3 is 2.59 bits per heavy atom. The van der Waals surface area contributed by atoms with Crippen LogP contribution in [0, 0.1) is 5.92 Å². The van der Waals surface area contributed by atoms with Crippen molar-refractivity contribution in [3.8, 4) is 10.4 Å². The summed E-state index contributed by atoms with van der Waals surface area (Å²) in [5.74, 6) is 0.939. The van der Waals surface area contributed by atoms with E-state index < -0.39 is 0 Å². The summed E-state index contributed by atoms with van der Waals surface area (Å²) in [6, 6.07) is 20.3. The molecule has 0 unspecified atom stereocenters. The number of carbonyl (C=O) groups is 3. The Bertz CT molecular complexity index is 1730. The third kappa shape index (κ3) is 5.53. The van der Waals surface area contributed by atoms with Crippen LogP contribution in [-0.4, -0.2) is 53.4 Å². The molecule has 1 atom stereocenters. The lowest BCUT2D eigenvalue weighted by molar-refractivity contribution is 0.0974. The second-order valence-electron chi connectivity index (χ2n) is 11.8. The van der Waals surface area contributed by atoms with Gasteiger partial charge in [0.05, 0.1) is 28.8 Å². The van der Waals surface area contributed by atoms with Gasteiger partial charge in [0.25, 0.3) is 11.8 Å². The van der Waals surface area contributed by atoms with Gasteiger partial charge in [-0.25, -0.2) is 4.98 Å². The van der Waals surface area contributed by atoms with E-state index in [1.54, 1.807) is 53.9 Å². The van der Waals surface area contributed by atoms with Crippen LogP contribution in [0.3, 0.4) is 0 Å². The van der Waals surface area contributed by atoms with Crippen LogP contribution in [0.1, 0.15) is 68.1 Å². The number of pyridine rings is 1. The molecule has 3 aliphatic rings. The van der Waals surface area contributed by atoms with E-state index in [2.05, 4.69) is 10.3 Å². The van der Waals surface area contributed by atoms with Crippen molar-refractivity contribution in [3.63, 3.8) is 0 Å². The fourth-order valence-corrected chi connectivity index (χ4v) is 7.48. The second-order valence-corrected chi connectivity index (χ2v) is 12.9. The first-order chi connectivity index (χ1) is 21.5. The van der Waals surface area contributed by atoms with Crippen LogP contribution < -0.4 is 15.1 Å². The molecule has 4 aromatic rings. The molecule has 7 rings (SSSR count). The Kier molecular flexibility index (Phi) is 7.74. The number of carbonyl (C=O) groups excluding carboxylic acids is 3. The molecule has 4 heterocycles. The zero-order valence-corrected chi connectivity index (χ0v) is 25.2. The Morgan fingerprint density at radius 2 is 1.80 bits per heavy atom. The topological polar surface area (TPSA) is 103 Å². The molecule has 0 bridgehead atoms. The summed E-state index contributed by atoms with van der Waals surface area (Å²) in [5, 5.41) is 12.7. The Labute approximate surface area is 260 Å². The molecule has 2 aliphatic heterocycles. The molecule has 224 valence electrons. The van der Waals surface area contributed by atoms with Gasteiger partial charge in [-0.3, -0.25) is 14.4 Å². The van der Waals surface area contributed by atoms with Crippen molar-refractivity contribution in [1.82, 2.24) is 4.98 Å². The fourth-order valence-electron chi connectivity index (χ4n) is 6.29. The largest absolute Gasteiger partial charge is 0.394 e. The van der Waals surface area contributed by atoms with Gasteiger partial charge in [-0.1, -0.05) is 18.2 Å². The quantitative estimate of drug-likeness (QED) is 0.231. The molecule has 0 radical (unpaired) electrons. The molecule has 0 spiro atoms. The number of benzene rings is 2. The van der Waals surface area contributed by atoms with Crippen LogP contribution in [-0.2, 0) is 6.42 Å². The average molecular weight is 607 g/mol. The van der Waals surface area contributed by atoms with Crippen LogP contribution in [0.25, 0.3) is 10.4 Å². The van der Waals surface area contributed by atoms with E-state index >= 15 is 0 Å². The van der Waals surface area contributed by atoms with Gasteiger partial charge in [-0.2, -0.15) is 0 Å². The van der Waals surface area contributed by atoms with E-state index in [1.165, 1.54) is 0 Å². The van der Waals surface area contributed by atoms with Crippen molar-refractivity contribution in [2.24, 2.45) is 5.92 Å². The summed E-state index contributed by atoms with van der Waals surface area (Å²) in [5.41, 5.74) is 4.46. The monoisotopic (exact) mass is 606 g/mol. The van der Waals surface area contributed by atoms with Gasteiger partial charge in [0.15, 0.2) is 5.78 Å². The highest BCUT2D eigenvalue weighted by atomic mass is 32.1. The number of amides is 2. The predicted molar refractivity (Wildman–Crippen MR) is 173 cm³/mol. The number of Topliss-reactive ketones (excluding diaryl/α,β-unsaturated/α-hetero) is 1. The zero-order chi connectivity index (χ0) is 30.2. The Hall–Kier alpha value is -4.34. The number of ketones is 1. The Morgan fingerprint density at radius 1 is 0.977 bits per heavy atom. The zero-order valence-electron chi connectivity index (χ0n) is 24.4. The minimum Gasteiger partial charge on any atom is -0.394 e. The summed E-state index contributed by atoms with van der Waals surface area (Å²) in [4.78, 5) is 50.2. The van der Waals surface area contributed by atoms with Crippen LogP contribution in [0.15, 0.2) is 72.9 Å². The molecule has 1 saturated carbocycles. The van der Waals surface area contributed by atoms with Crippen molar-refractivity contribution >= 4 is 46.1 Å². The normalized spacial score (nSPS) is 17.5. The smallest absolute Gasteiger partial charge is 0.259 e. The van der Waals surface area contributed by atoms with Crippen molar-refractivity contribution in [2.75, 3.05) is 34.8 Å². The molecule has 1 aliphatic carbocycles. The molecule has 2 N–H and O–H groups in total. The number of fused-ring (bicyclic) bond motifs is 3. The highest BCUT2D eigenvalue weighted by molar-refractivity contribution is 7.17. The number of para-hydroxylation sites is 1. The lowest BCUT2D eigenvalue weighted by Crippen LogP contribution is -2.34. The number of aliphatic hydroxyl groups is 1. The first-order valence-corrected chi connectivity index (χ1v) is 16.1. The third-order valence-corrected chi connectivity index (χ3v) is 10.1. The maximum absolute atomic E-state index is 13.9. The summed E-state index contributed by atoms with van der Waals surface area (Å²) in [6.45, 7) is 1.26. The average Bonchev–Trinajstić information content (AvgIpc) is 3.60. The van der Waals surface area contributed by atoms with E-state index in [4.69, 9.17) is 0 Å². The van der Waals surface area contributed by atoms with Crippen molar-refractivity contribution < 1.29 is 19.5 Å². The number of nitrogens with zero attached hydrogens (tertiary/aromatic N) is 3. The van der Waals surface area contributed by atoms with E-state index in [9.17, 15) is 19.5 Å². The molecule has 8 nitrogen and oxygen atoms in total. The maximum atomic E-state index is 13.9. The van der Waals surface area contributed by atoms with Crippen LogP contribution >= 0.6 is 11.3 Å². The third-order valence-electron chi connectivity index (χ3n) is 8.83. The van der Waals surface area contributed by atoms with Crippen molar-refractivity contribution in [2.45, 2.75) is 44.6 Å². The number of nitrogens with one attached hydrogen (secondary N) is 1. The van der Waals surface area contributed by atoms with Crippen LogP contribution in [0.2, 0.25) is 0 Å². The lowest BCUT2D eigenvalue weighted by Gasteiger charge is -2.26. The van der Waals surface area contributed by atoms with E-state index in [0.29, 0.717) is 47.9 Å². The highest BCUT2D eigenvalue weighted by Crippen LogP contribution is 2.43. The molecule has 2 fully saturated rings. The molecular formula is C35H34N4O4S. The van der Waals surface area contributed by atoms with Gasteiger partial charge >= 0.3 is 0 Å². The number of anilines is 3. The summed E-state index contributed by atoms with van der Waals surface area (Å²) in [7, 11) is 0. The number of hydrogen-bond acceptors (Lipinski definition) is 7. The van der Waals surface area contributed by atoms with Crippen molar-refractivity contribution in [1.29, 1.82) is 0 Å². The summed E-state index contributed by atoms with van der Waals surface area (Å²) in [6.07, 6.45) is 7.07. The fraction of sp³-hybridized carbons (Fsp3) is 0.314. The van der Waals surface area contributed by atoms with Gasteiger partial charge in [-0.15, -0.1) is 11.3 Å². The first kappa shape index (κ1) is 28.4. The highest BCUT2D eigenvalue weighted by Gasteiger charge is 2.31. The van der Waals surface area contributed by atoms with Gasteiger partial charge in [0.2, 0.25) is 0 Å². The van der Waals surface area contributed by atoms with Crippen molar-refractivity contribution in [3.05, 3.63) is 94.5 Å². The molecule has 1 saturated heterocycles. The lowest BCUT2D eigenvalue weighted by atomic mass is 10.1. The number of aromatic nitrogens is 1. The van der Waals surface area contributed by atoms with Gasteiger partial charge < -0.3 is 20.2 Å². The van der Waals surface area contributed by atoms with E-state index in [0.717, 1.165) is 58.8 Å². The molecular weight excluding hydrogens is 572 g/mol. The predicted octanol–water partition coefficient (Wildman–Crippen LogP) is 6.21. The van der Waals surface area contributed by atoms with Crippen LogP contribution in [0.4, 0.5) is 17.2 Å². The van der Waals surface area contributed by atoms with Gasteiger partial charge in [0, 0.05) is 47.4 Å². The number of rotatable bonds is 8. The van der Waals surface area contributed by atoms with E-state index in [-0.39, 0.29) is 30.2 Å². The molecule has 2 amide bonds. The summed E-state index contributed by atoms with van der Waals surface area (Å²) < 4.78 is 0. The maximum Gasteiger partial charge on any atom is 0.259 e.